The maximum absolute atomic E-state index is 15.0. The first-order valence-electron chi connectivity index (χ1n) is 19.3. The number of aromatic nitrogens is 4. The number of nitrogens with one attached hydrogen (secondary N) is 2. The molecule has 1 atom stereocenters. The molecule has 56 heavy (non-hydrogen) atoms. The number of amides is 3. The van der Waals surface area contributed by atoms with E-state index in [0.29, 0.717) is 41.5 Å². The Hall–Kier alpha value is -4.57. The fraction of sp³-hybridized carbons (Fsp3) is 0.439. The summed E-state index contributed by atoms with van der Waals surface area (Å²) in [5, 5.41) is 26.5. The minimum Gasteiger partial charge on any atom is -0.386 e. The van der Waals surface area contributed by atoms with Gasteiger partial charge in [0.1, 0.15) is 17.3 Å². The van der Waals surface area contributed by atoms with Crippen LogP contribution in [0.2, 0.25) is 0 Å². The van der Waals surface area contributed by atoms with E-state index in [-0.39, 0.29) is 30.4 Å². The molecule has 5 heterocycles. The van der Waals surface area contributed by atoms with E-state index in [4.69, 9.17) is 5.10 Å². The lowest BCUT2D eigenvalue weighted by Gasteiger charge is -2.42. The van der Waals surface area contributed by atoms with Crippen molar-refractivity contribution < 1.29 is 28.3 Å². The number of benzene rings is 2. The second kappa shape index (κ2) is 15.4. The molecule has 3 aliphatic rings. The summed E-state index contributed by atoms with van der Waals surface area (Å²) in [5.41, 5.74) is 2.08. The van der Waals surface area contributed by atoms with Gasteiger partial charge in [0.05, 0.1) is 34.8 Å². The van der Waals surface area contributed by atoms with E-state index in [1.165, 1.54) is 12.1 Å². The number of carbonyl (C=O) groups excluding carboxylic acids is 3. The molecule has 1 aliphatic carbocycles. The van der Waals surface area contributed by atoms with E-state index in [1.54, 1.807) is 30.6 Å². The molecule has 2 aliphatic heterocycles. The number of piperazine rings is 1. The van der Waals surface area contributed by atoms with Crippen molar-refractivity contribution in [1.82, 2.24) is 34.5 Å². The van der Waals surface area contributed by atoms with Crippen molar-refractivity contribution in [3.05, 3.63) is 93.3 Å². The number of aliphatic hydroxyl groups is 1. The van der Waals surface area contributed by atoms with Gasteiger partial charge in [-0.25, -0.2) is 13.3 Å². The highest BCUT2D eigenvalue weighted by molar-refractivity contribution is 9.10. The van der Waals surface area contributed by atoms with Crippen LogP contribution in [-0.2, 0) is 21.6 Å². The van der Waals surface area contributed by atoms with E-state index in [9.17, 15) is 19.5 Å². The fourth-order valence-corrected chi connectivity index (χ4v) is 8.96. The number of piperidine rings is 1. The summed E-state index contributed by atoms with van der Waals surface area (Å²) in [5.74, 6) is -3.87. The van der Waals surface area contributed by atoms with Crippen LogP contribution in [-0.4, -0.2) is 90.8 Å². The number of halogens is 3. The molecule has 2 saturated heterocycles. The molecule has 3 aromatic heterocycles. The zero-order valence-electron chi connectivity index (χ0n) is 31.4. The third kappa shape index (κ3) is 7.86. The molecular weight excluding hydrogens is 786 g/mol. The average molecular weight is 832 g/mol. The van der Waals surface area contributed by atoms with Gasteiger partial charge in [0.25, 0.3) is 5.91 Å². The topological polar surface area (TPSA) is 137 Å². The number of rotatable bonds is 9. The monoisotopic (exact) mass is 830 g/mol. The van der Waals surface area contributed by atoms with Crippen LogP contribution in [0.25, 0.3) is 16.4 Å². The maximum atomic E-state index is 15.0. The smallest absolute Gasteiger partial charge is 0.274 e. The van der Waals surface area contributed by atoms with Crippen LogP contribution in [0.15, 0.2) is 59.3 Å². The zero-order chi connectivity index (χ0) is 39.3. The molecule has 0 spiro atoms. The van der Waals surface area contributed by atoms with Gasteiger partial charge in [-0.3, -0.25) is 29.3 Å². The lowest BCUT2D eigenvalue weighted by molar-refractivity contribution is -0.134. The molecule has 0 bridgehead atoms. The van der Waals surface area contributed by atoms with Crippen LogP contribution in [0.3, 0.4) is 0 Å². The molecule has 12 nitrogen and oxygen atoms in total. The first-order chi connectivity index (χ1) is 26.8. The lowest BCUT2D eigenvalue weighted by atomic mass is 9.89. The Balaban J connectivity index is 0.855. The predicted molar refractivity (Wildman–Crippen MR) is 210 cm³/mol. The highest BCUT2D eigenvalue weighted by Gasteiger charge is 2.33. The Morgan fingerprint density at radius 2 is 1.70 bits per heavy atom. The van der Waals surface area contributed by atoms with Gasteiger partial charge in [-0.15, -0.1) is 0 Å². The molecule has 5 aromatic rings. The maximum Gasteiger partial charge on any atom is 0.274 e. The molecule has 3 fully saturated rings. The average Bonchev–Trinajstić information content (AvgIpc) is 3.78. The highest BCUT2D eigenvalue weighted by Crippen LogP contribution is 2.36. The summed E-state index contributed by atoms with van der Waals surface area (Å²) in [6.07, 6.45) is 8.39. The van der Waals surface area contributed by atoms with Gasteiger partial charge in [0.15, 0.2) is 0 Å². The summed E-state index contributed by atoms with van der Waals surface area (Å²) in [6.45, 7) is 7.69. The van der Waals surface area contributed by atoms with E-state index in [1.807, 2.05) is 35.1 Å². The minimum atomic E-state index is -1.23. The van der Waals surface area contributed by atoms with Crippen molar-refractivity contribution in [3.63, 3.8) is 0 Å². The molecule has 3 N–H and O–H groups in total. The molecule has 3 amide bonds. The first-order valence-corrected chi connectivity index (χ1v) is 20.1. The van der Waals surface area contributed by atoms with Crippen LogP contribution in [0.4, 0.5) is 14.5 Å². The molecule has 8 rings (SSSR count). The van der Waals surface area contributed by atoms with E-state index < -0.39 is 35.0 Å². The van der Waals surface area contributed by atoms with Crippen molar-refractivity contribution in [2.24, 2.45) is 0 Å². The second-order valence-corrected chi connectivity index (χ2v) is 16.8. The van der Waals surface area contributed by atoms with Gasteiger partial charge in [-0.1, -0.05) is 0 Å². The van der Waals surface area contributed by atoms with Crippen LogP contribution < -0.4 is 10.6 Å². The third-order valence-corrected chi connectivity index (χ3v) is 12.1. The molecule has 15 heteroatoms. The second-order valence-electron chi connectivity index (χ2n) is 15.9. The number of fused-ring (bicyclic) bond motifs is 2. The van der Waals surface area contributed by atoms with E-state index >= 15 is 8.78 Å². The number of anilines is 1. The first kappa shape index (κ1) is 38.3. The molecule has 0 unspecified atom stereocenters. The summed E-state index contributed by atoms with van der Waals surface area (Å²) in [6, 6.07) is 12.6. The Labute approximate surface area is 331 Å². The Morgan fingerprint density at radius 1 is 0.982 bits per heavy atom. The number of hydrogen-bond donors (Lipinski definition) is 3. The van der Waals surface area contributed by atoms with Gasteiger partial charge < -0.3 is 15.3 Å². The van der Waals surface area contributed by atoms with Gasteiger partial charge in [-0.2, -0.15) is 10.2 Å². The normalized spacial score (nSPS) is 21.5. The van der Waals surface area contributed by atoms with Crippen LogP contribution in [0.1, 0.15) is 91.5 Å². The van der Waals surface area contributed by atoms with Crippen LogP contribution >= 0.6 is 15.9 Å². The molecular formula is C41H45BrF2N8O4. The number of nitrogens with zero attached hydrogens (tertiary/aromatic N) is 6. The Kier molecular flexibility index (Phi) is 10.5. The van der Waals surface area contributed by atoms with Crippen molar-refractivity contribution >= 4 is 55.8 Å². The predicted octanol–water partition coefficient (Wildman–Crippen LogP) is 6.07. The van der Waals surface area contributed by atoms with Crippen molar-refractivity contribution in [2.45, 2.75) is 82.4 Å². The van der Waals surface area contributed by atoms with E-state index in [0.717, 1.165) is 72.8 Å². The SMILES string of the molecule is CC(C)(O)c1cc2nn(C3CCC(N4CCN(CCc5cc(F)c([C@H]6CCC(=O)NC6=O)c(F)c5)CC4)CC3)cc2cc1NC(=O)c1ccc2cc(Br)cnn12. The quantitative estimate of drug-likeness (QED) is 0.153. The largest absolute Gasteiger partial charge is 0.386 e. The lowest BCUT2D eigenvalue weighted by Crippen LogP contribution is -2.51. The zero-order valence-corrected chi connectivity index (χ0v) is 33.0. The standard InChI is InChI=1S/C41H45BrF2N8O4/c1-41(2,56)31-21-34-25(19-35(31)46-40(55)36-9-7-29-20-26(42)22-45-52(29)36)23-51(48-34)28-5-3-27(4-6-28)50-15-13-49(14-16-50)12-11-24-17-32(43)38(33(44)18-24)30-8-10-37(53)47-39(30)54/h7,9,17-23,27-28,30,56H,3-6,8,10-16H2,1-2H3,(H,46,55)(H,47,53,54)/t27?,28?,30-/m1/s1. The van der Waals surface area contributed by atoms with Crippen molar-refractivity contribution in [3.8, 4) is 0 Å². The summed E-state index contributed by atoms with van der Waals surface area (Å²) >= 11 is 3.42. The molecule has 0 radical (unpaired) electrons. The van der Waals surface area contributed by atoms with Gasteiger partial charge in [0.2, 0.25) is 11.8 Å². The number of carbonyl (C=O) groups is 3. The third-order valence-electron chi connectivity index (χ3n) is 11.7. The van der Waals surface area contributed by atoms with Gasteiger partial charge in [0, 0.05) is 78.1 Å². The summed E-state index contributed by atoms with van der Waals surface area (Å²) < 4.78 is 34.5. The van der Waals surface area contributed by atoms with E-state index in [2.05, 4.69) is 41.5 Å². The van der Waals surface area contributed by atoms with Gasteiger partial charge in [-0.05, 0) is 116 Å². The Morgan fingerprint density at radius 3 is 2.39 bits per heavy atom. The van der Waals surface area contributed by atoms with Crippen LogP contribution in [0.5, 0.6) is 0 Å². The van der Waals surface area contributed by atoms with Crippen LogP contribution in [0, 0.1) is 11.6 Å². The molecule has 294 valence electrons. The minimum absolute atomic E-state index is 0.0631. The van der Waals surface area contributed by atoms with Crippen molar-refractivity contribution in [1.29, 1.82) is 0 Å². The number of hydrogen-bond acceptors (Lipinski definition) is 8. The summed E-state index contributed by atoms with van der Waals surface area (Å²) in [7, 11) is 0. The Bertz CT molecular complexity index is 2300. The molecule has 2 aromatic carbocycles. The molecule has 1 saturated carbocycles. The number of imide groups is 1. The fourth-order valence-electron chi connectivity index (χ4n) is 8.63. The van der Waals surface area contributed by atoms with Gasteiger partial charge >= 0.3 is 0 Å². The highest BCUT2D eigenvalue weighted by atomic mass is 79.9. The van der Waals surface area contributed by atoms with Crippen molar-refractivity contribution in [2.75, 3.05) is 38.0 Å². The summed E-state index contributed by atoms with van der Waals surface area (Å²) in [4.78, 5) is 42.1.